The first-order valence-electron chi connectivity index (χ1n) is 8.78. The van der Waals surface area contributed by atoms with Crippen LogP contribution in [0.1, 0.15) is 27.9 Å². The molecule has 2 aromatic rings. The highest BCUT2D eigenvalue weighted by Gasteiger charge is 2.28. The largest absolute Gasteiger partial charge is 0.380 e. The number of carbonyl (C=O) groups excluding carboxylic acids is 1. The average Bonchev–Trinajstić information content (AvgIpc) is 2.99. The fraction of sp³-hybridized carbons (Fsp3) is 0.368. The number of aromatic nitrogens is 1. The number of carbonyl (C=O) groups is 1. The van der Waals surface area contributed by atoms with Gasteiger partial charge in [0.15, 0.2) is 9.84 Å². The molecule has 1 N–H and O–H groups in total. The van der Waals surface area contributed by atoms with Crippen molar-refractivity contribution in [3.05, 3.63) is 59.4 Å². The molecule has 0 spiro atoms. The van der Waals surface area contributed by atoms with Crippen molar-refractivity contribution in [2.24, 2.45) is 0 Å². The smallest absolute Gasteiger partial charge is 0.255 e. The van der Waals surface area contributed by atoms with E-state index in [2.05, 4.69) is 22.4 Å². The Hall–Kier alpha value is -2.41. The van der Waals surface area contributed by atoms with Crippen molar-refractivity contribution in [1.29, 1.82) is 0 Å². The van der Waals surface area contributed by atoms with Gasteiger partial charge in [-0.3, -0.25) is 9.78 Å². The number of pyridine rings is 1. The Kier molecular flexibility index (Phi) is 4.40. The standard InChI is InChI=1S/C19H21N3O3S/c23-19(22-7-5-14-3-1-2-4-15(14)12-22)16-9-18(11-20-10-16)21-17-6-8-26(24,25)13-17/h1-4,9-11,17,21H,5-8,12-13H2. The normalized spacial score (nSPS) is 21.2. The number of hydrogen-bond donors (Lipinski definition) is 1. The maximum Gasteiger partial charge on any atom is 0.255 e. The maximum atomic E-state index is 12.9. The van der Waals surface area contributed by atoms with Crippen molar-refractivity contribution in [1.82, 2.24) is 9.88 Å². The fourth-order valence-corrected chi connectivity index (χ4v) is 5.31. The van der Waals surface area contributed by atoms with Gasteiger partial charge in [-0.05, 0) is 30.0 Å². The number of rotatable bonds is 3. The SMILES string of the molecule is O=C(c1cncc(NC2CCS(=O)(=O)C2)c1)N1CCc2ccccc2C1. The molecule has 6 nitrogen and oxygen atoms in total. The lowest BCUT2D eigenvalue weighted by molar-refractivity contribution is 0.0734. The number of hydrogen-bond acceptors (Lipinski definition) is 5. The summed E-state index contributed by atoms with van der Waals surface area (Å²) in [5.74, 6) is 0.299. The van der Waals surface area contributed by atoms with Crippen molar-refractivity contribution < 1.29 is 13.2 Å². The zero-order chi connectivity index (χ0) is 18.1. The van der Waals surface area contributed by atoms with E-state index in [9.17, 15) is 13.2 Å². The summed E-state index contributed by atoms with van der Waals surface area (Å²) in [7, 11) is -2.95. The van der Waals surface area contributed by atoms with Gasteiger partial charge in [0.2, 0.25) is 0 Å². The molecule has 3 heterocycles. The molecular formula is C19H21N3O3S. The molecule has 1 fully saturated rings. The van der Waals surface area contributed by atoms with Crippen molar-refractivity contribution >= 4 is 21.4 Å². The molecule has 4 rings (SSSR count). The predicted molar refractivity (Wildman–Crippen MR) is 99.8 cm³/mol. The van der Waals surface area contributed by atoms with E-state index in [0.29, 0.717) is 30.8 Å². The quantitative estimate of drug-likeness (QED) is 0.891. The zero-order valence-corrected chi connectivity index (χ0v) is 15.2. The van der Waals surface area contributed by atoms with E-state index in [1.807, 2.05) is 17.0 Å². The molecule has 26 heavy (non-hydrogen) atoms. The zero-order valence-electron chi connectivity index (χ0n) is 14.4. The number of benzene rings is 1. The van der Waals surface area contributed by atoms with Crippen LogP contribution in [0.15, 0.2) is 42.7 Å². The molecule has 1 unspecified atom stereocenters. The molecule has 1 saturated heterocycles. The summed E-state index contributed by atoms with van der Waals surface area (Å²) in [6.07, 6.45) is 4.64. The summed E-state index contributed by atoms with van der Waals surface area (Å²) in [6.45, 7) is 1.29. The lowest BCUT2D eigenvalue weighted by Crippen LogP contribution is -2.36. The van der Waals surface area contributed by atoms with Crippen LogP contribution in [0.5, 0.6) is 0 Å². The van der Waals surface area contributed by atoms with E-state index < -0.39 is 9.84 Å². The van der Waals surface area contributed by atoms with Gasteiger partial charge in [0.25, 0.3) is 5.91 Å². The second-order valence-electron chi connectivity index (χ2n) is 6.95. The van der Waals surface area contributed by atoms with E-state index in [0.717, 1.165) is 6.42 Å². The van der Waals surface area contributed by atoms with Gasteiger partial charge in [-0.25, -0.2) is 8.42 Å². The van der Waals surface area contributed by atoms with Crippen LogP contribution >= 0.6 is 0 Å². The molecule has 1 atom stereocenters. The van der Waals surface area contributed by atoms with Gasteiger partial charge in [-0.15, -0.1) is 0 Å². The molecule has 0 aliphatic carbocycles. The molecule has 1 amide bonds. The van der Waals surface area contributed by atoms with Crippen LogP contribution in [-0.2, 0) is 22.8 Å². The number of nitrogens with zero attached hydrogens (tertiary/aromatic N) is 2. The van der Waals surface area contributed by atoms with Crippen LogP contribution in [0.25, 0.3) is 0 Å². The average molecular weight is 371 g/mol. The van der Waals surface area contributed by atoms with Crippen LogP contribution in [0.2, 0.25) is 0 Å². The Balaban J connectivity index is 1.47. The Bertz CT molecular complexity index is 943. The molecule has 0 saturated carbocycles. The molecule has 2 aliphatic heterocycles. The summed E-state index contributed by atoms with van der Waals surface area (Å²) in [4.78, 5) is 18.9. The van der Waals surface area contributed by atoms with Gasteiger partial charge >= 0.3 is 0 Å². The van der Waals surface area contributed by atoms with Crippen LogP contribution in [0.4, 0.5) is 5.69 Å². The molecule has 1 aromatic heterocycles. The summed E-state index contributed by atoms with van der Waals surface area (Å²) in [5, 5.41) is 3.20. The molecule has 0 bridgehead atoms. The van der Waals surface area contributed by atoms with Crippen LogP contribution in [0.3, 0.4) is 0 Å². The Labute approximate surface area is 153 Å². The Morgan fingerprint density at radius 1 is 1.19 bits per heavy atom. The van der Waals surface area contributed by atoms with Crippen molar-refractivity contribution in [2.45, 2.75) is 25.4 Å². The van der Waals surface area contributed by atoms with Gasteiger partial charge in [-0.1, -0.05) is 24.3 Å². The summed E-state index contributed by atoms with van der Waals surface area (Å²) in [6, 6.07) is 9.84. The fourth-order valence-electron chi connectivity index (χ4n) is 3.63. The maximum absolute atomic E-state index is 12.9. The monoisotopic (exact) mass is 371 g/mol. The minimum atomic E-state index is -2.95. The highest BCUT2D eigenvalue weighted by Crippen LogP contribution is 2.22. The molecule has 136 valence electrons. The molecule has 2 aliphatic rings. The van der Waals surface area contributed by atoms with E-state index in [4.69, 9.17) is 0 Å². The first-order chi connectivity index (χ1) is 12.5. The van der Waals surface area contributed by atoms with E-state index in [-0.39, 0.29) is 23.5 Å². The van der Waals surface area contributed by atoms with Crippen molar-refractivity contribution in [3.63, 3.8) is 0 Å². The third-order valence-corrected chi connectivity index (χ3v) is 6.77. The minimum absolute atomic E-state index is 0.0466. The summed E-state index contributed by atoms with van der Waals surface area (Å²) >= 11 is 0. The van der Waals surface area contributed by atoms with Crippen molar-refractivity contribution in [2.75, 3.05) is 23.4 Å². The third-order valence-electron chi connectivity index (χ3n) is 5.01. The molecule has 7 heteroatoms. The van der Waals surface area contributed by atoms with E-state index >= 15 is 0 Å². The lowest BCUT2D eigenvalue weighted by atomic mass is 9.99. The minimum Gasteiger partial charge on any atom is -0.380 e. The highest BCUT2D eigenvalue weighted by molar-refractivity contribution is 7.91. The topological polar surface area (TPSA) is 79.4 Å². The van der Waals surface area contributed by atoms with E-state index in [1.54, 1.807) is 18.5 Å². The molecule has 1 aromatic carbocycles. The second-order valence-corrected chi connectivity index (χ2v) is 9.18. The summed E-state index contributed by atoms with van der Waals surface area (Å²) in [5.41, 5.74) is 3.70. The number of sulfone groups is 1. The first-order valence-corrected chi connectivity index (χ1v) is 10.6. The first kappa shape index (κ1) is 17.0. The van der Waals surface area contributed by atoms with Crippen molar-refractivity contribution in [3.8, 4) is 0 Å². The van der Waals surface area contributed by atoms with Crippen LogP contribution in [-0.4, -0.2) is 48.3 Å². The Morgan fingerprint density at radius 3 is 2.77 bits per heavy atom. The number of anilines is 1. The Morgan fingerprint density at radius 2 is 2.00 bits per heavy atom. The van der Waals surface area contributed by atoms with Gasteiger partial charge in [-0.2, -0.15) is 0 Å². The van der Waals surface area contributed by atoms with Gasteiger partial charge < -0.3 is 10.2 Å². The second kappa shape index (κ2) is 6.72. The third kappa shape index (κ3) is 3.58. The van der Waals surface area contributed by atoms with Gasteiger partial charge in [0, 0.05) is 31.5 Å². The van der Waals surface area contributed by atoms with Crippen LogP contribution in [0, 0.1) is 0 Å². The molecular weight excluding hydrogens is 350 g/mol. The highest BCUT2D eigenvalue weighted by atomic mass is 32.2. The number of nitrogens with one attached hydrogen (secondary N) is 1. The van der Waals surface area contributed by atoms with E-state index in [1.165, 1.54) is 11.1 Å². The van der Waals surface area contributed by atoms with Gasteiger partial charge in [0.1, 0.15) is 0 Å². The molecule has 0 radical (unpaired) electrons. The number of fused-ring (bicyclic) bond motifs is 1. The number of amides is 1. The summed E-state index contributed by atoms with van der Waals surface area (Å²) < 4.78 is 23.2. The van der Waals surface area contributed by atoms with Gasteiger partial charge in [0.05, 0.1) is 22.8 Å². The van der Waals surface area contributed by atoms with Crippen LogP contribution < -0.4 is 5.32 Å². The lowest BCUT2D eigenvalue weighted by Gasteiger charge is -2.29. The predicted octanol–water partition coefficient (Wildman–Crippen LogP) is 1.88.